The van der Waals surface area contributed by atoms with Gasteiger partial charge in [0.25, 0.3) is 0 Å². The van der Waals surface area contributed by atoms with Crippen molar-refractivity contribution in [1.29, 1.82) is 0 Å². The van der Waals surface area contributed by atoms with Crippen molar-refractivity contribution >= 4 is 49.6 Å². The highest BCUT2D eigenvalue weighted by molar-refractivity contribution is 6.18. The maximum Gasteiger partial charge on any atom is 0.0562 e. The summed E-state index contributed by atoms with van der Waals surface area (Å²) in [6, 6.07) is 88.0. The Balaban J connectivity index is 1.24. The standard InChI is InChI=1S/C58H40N2/c1-4-20-41(21-5-1)45-38-39-48(44-24-8-3-9-25-44)57(40-45)60-54-35-17-14-31-51(54)58-55(36-19-37-56(58)60)59(52-33-15-12-29-47(52)43-22-6-2-7-23-43)53-34-16-13-30-50(53)49-32-18-27-42-26-10-11-28-46(42)49/h1-40H. The lowest BCUT2D eigenvalue weighted by Crippen LogP contribution is -2.13. The van der Waals surface area contributed by atoms with Crippen LogP contribution >= 0.6 is 0 Å². The van der Waals surface area contributed by atoms with Crippen molar-refractivity contribution in [1.82, 2.24) is 4.57 Å². The number of fused-ring (bicyclic) bond motifs is 4. The lowest BCUT2D eigenvalue weighted by atomic mass is 9.95. The highest BCUT2D eigenvalue weighted by Crippen LogP contribution is 2.50. The molecule has 11 aromatic rings. The van der Waals surface area contributed by atoms with E-state index in [1.54, 1.807) is 0 Å². The first-order valence-electron chi connectivity index (χ1n) is 20.6. The topological polar surface area (TPSA) is 8.17 Å². The van der Waals surface area contributed by atoms with E-state index >= 15 is 0 Å². The molecular formula is C58H40N2. The molecule has 0 radical (unpaired) electrons. The third kappa shape index (κ3) is 6.06. The molecule has 0 saturated carbocycles. The van der Waals surface area contributed by atoms with Crippen molar-refractivity contribution in [3.63, 3.8) is 0 Å². The number of nitrogens with zero attached hydrogens (tertiary/aromatic N) is 2. The molecule has 2 heteroatoms. The highest BCUT2D eigenvalue weighted by atomic mass is 15.2. The number of hydrogen-bond donors (Lipinski definition) is 0. The first-order chi connectivity index (χ1) is 29.8. The van der Waals surface area contributed by atoms with Crippen molar-refractivity contribution in [3.05, 3.63) is 243 Å². The summed E-state index contributed by atoms with van der Waals surface area (Å²) in [6.07, 6.45) is 0. The molecule has 0 spiro atoms. The summed E-state index contributed by atoms with van der Waals surface area (Å²) in [6.45, 7) is 0. The van der Waals surface area contributed by atoms with Gasteiger partial charge in [-0.3, -0.25) is 0 Å². The second-order valence-electron chi connectivity index (χ2n) is 15.3. The average molecular weight is 765 g/mol. The fourth-order valence-electron chi connectivity index (χ4n) is 9.11. The largest absolute Gasteiger partial charge is 0.309 e. The van der Waals surface area contributed by atoms with Gasteiger partial charge in [-0.25, -0.2) is 0 Å². The van der Waals surface area contributed by atoms with Gasteiger partial charge >= 0.3 is 0 Å². The van der Waals surface area contributed by atoms with Gasteiger partial charge in [0, 0.05) is 27.5 Å². The first-order valence-corrected chi connectivity index (χ1v) is 20.6. The van der Waals surface area contributed by atoms with Crippen LogP contribution in [0.15, 0.2) is 243 Å². The van der Waals surface area contributed by atoms with Gasteiger partial charge in [-0.05, 0) is 75.0 Å². The zero-order chi connectivity index (χ0) is 39.8. The van der Waals surface area contributed by atoms with Crippen LogP contribution in [0.2, 0.25) is 0 Å². The molecule has 0 amide bonds. The number of rotatable bonds is 8. The smallest absolute Gasteiger partial charge is 0.0562 e. The maximum absolute atomic E-state index is 2.51. The van der Waals surface area contributed by atoms with Gasteiger partial charge in [-0.15, -0.1) is 0 Å². The molecule has 1 heterocycles. The number of aromatic nitrogens is 1. The SMILES string of the molecule is c1ccc(-c2ccc(-c3ccccc3)c(-n3c4ccccc4c4c(N(c5ccccc5-c5ccccc5)c5ccccc5-c5cccc6ccccc56)cccc43)c2)cc1. The van der Waals surface area contributed by atoms with Gasteiger partial charge in [-0.2, -0.15) is 0 Å². The molecular weight excluding hydrogens is 725 g/mol. The molecule has 0 aliphatic heterocycles. The van der Waals surface area contributed by atoms with Crippen molar-refractivity contribution in [3.8, 4) is 50.2 Å². The minimum absolute atomic E-state index is 1.11. The predicted molar refractivity (Wildman–Crippen MR) is 255 cm³/mol. The quantitative estimate of drug-likeness (QED) is 0.150. The Kier molecular flexibility index (Phi) is 8.87. The van der Waals surface area contributed by atoms with Crippen LogP contribution in [-0.2, 0) is 0 Å². The Morgan fingerprint density at radius 3 is 1.53 bits per heavy atom. The van der Waals surface area contributed by atoms with Crippen molar-refractivity contribution in [2.24, 2.45) is 0 Å². The minimum Gasteiger partial charge on any atom is -0.309 e. The summed E-state index contributed by atoms with van der Waals surface area (Å²) >= 11 is 0. The lowest BCUT2D eigenvalue weighted by molar-refractivity contribution is 1.18. The monoisotopic (exact) mass is 764 g/mol. The van der Waals surface area contributed by atoms with Gasteiger partial charge in [0.05, 0.1) is 33.8 Å². The predicted octanol–water partition coefficient (Wildman–Crippen LogP) is 16.1. The molecule has 0 unspecified atom stereocenters. The fourth-order valence-corrected chi connectivity index (χ4v) is 9.11. The molecule has 10 aromatic carbocycles. The highest BCUT2D eigenvalue weighted by Gasteiger charge is 2.26. The van der Waals surface area contributed by atoms with E-state index in [1.165, 1.54) is 60.5 Å². The van der Waals surface area contributed by atoms with Crippen LogP contribution in [-0.4, -0.2) is 4.57 Å². The van der Waals surface area contributed by atoms with E-state index in [4.69, 9.17) is 0 Å². The van der Waals surface area contributed by atoms with E-state index in [-0.39, 0.29) is 0 Å². The van der Waals surface area contributed by atoms with E-state index in [9.17, 15) is 0 Å². The molecule has 2 nitrogen and oxygen atoms in total. The maximum atomic E-state index is 2.51. The molecule has 0 bridgehead atoms. The molecule has 1 aromatic heterocycles. The molecule has 11 rings (SSSR count). The lowest BCUT2D eigenvalue weighted by Gasteiger charge is -2.31. The molecule has 0 atom stereocenters. The molecule has 0 saturated heterocycles. The van der Waals surface area contributed by atoms with E-state index in [0.717, 1.165) is 39.3 Å². The third-order valence-electron chi connectivity index (χ3n) is 11.8. The second kappa shape index (κ2) is 15.1. The summed E-state index contributed by atoms with van der Waals surface area (Å²) in [4.78, 5) is 2.51. The number of para-hydroxylation sites is 3. The molecule has 0 N–H and O–H groups in total. The average Bonchev–Trinajstić information content (AvgIpc) is 3.67. The van der Waals surface area contributed by atoms with Crippen LogP contribution < -0.4 is 4.90 Å². The molecule has 0 fully saturated rings. The van der Waals surface area contributed by atoms with Crippen LogP contribution in [0.4, 0.5) is 17.1 Å². The van der Waals surface area contributed by atoms with Crippen LogP contribution in [0.1, 0.15) is 0 Å². The second-order valence-corrected chi connectivity index (χ2v) is 15.3. The van der Waals surface area contributed by atoms with Crippen LogP contribution in [0.25, 0.3) is 82.8 Å². The number of benzene rings is 10. The summed E-state index contributed by atoms with van der Waals surface area (Å²) in [5.41, 5.74) is 16.2. The van der Waals surface area contributed by atoms with E-state index in [0.29, 0.717) is 0 Å². The van der Waals surface area contributed by atoms with Crippen molar-refractivity contribution in [2.45, 2.75) is 0 Å². The minimum atomic E-state index is 1.11. The Labute approximate surface area is 350 Å². The van der Waals surface area contributed by atoms with Crippen molar-refractivity contribution in [2.75, 3.05) is 4.90 Å². The zero-order valence-electron chi connectivity index (χ0n) is 33.0. The van der Waals surface area contributed by atoms with E-state index in [2.05, 4.69) is 252 Å². The number of anilines is 3. The first kappa shape index (κ1) is 35.2. The zero-order valence-corrected chi connectivity index (χ0v) is 33.0. The van der Waals surface area contributed by atoms with E-state index in [1.807, 2.05) is 0 Å². The number of hydrogen-bond acceptors (Lipinski definition) is 1. The normalized spacial score (nSPS) is 11.3. The summed E-state index contributed by atoms with van der Waals surface area (Å²) < 4.78 is 2.49. The van der Waals surface area contributed by atoms with Gasteiger partial charge in [0.1, 0.15) is 0 Å². The van der Waals surface area contributed by atoms with Gasteiger partial charge < -0.3 is 9.47 Å². The van der Waals surface area contributed by atoms with Gasteiger partial charge in [0.15, 0.2) is 0 Å². The Morgan fingerprint density at radius 2 is 0.783 bits per heavy atom. The molecule has 60 heavy (non-hydrogen) atoms. The summed E-state index contributed by atoms with van der Waals surface area (Å²) in [7, 11) is 0. The third-order valence-corrected chi connectivity index (χ3v) is 11.8. The fraction of sp³-hybridized carbons (Fsp3) is 0. The molecule has 282 valence electrons. The Bertz CT molecular complexity index is 3300. The Hall–Kier alpha value is -7.94. The Morgan fingerprint density at radius 1 is 0.283 bits per heavy atom. The van der Waals surface area contributed by atoms with E-state index < -0.39 is 0 Å². The van der Waals surface area contributed by atoms with Crippen LogP contribution in [0.3, 0.4) is 0 Å². The van der Waals surface area contributed by atoms with Crippen molar-refractivity contribution < 1.29 is 0 Å². The summed E-state index contributed by atoms with van der Waals surface area (Å²) in [5.74, 6) is 0. The van der Waals surface area contributed by atoms with Gasteiger partial charge in [0.2, 0.25) is 0 Å². The van der Waals surface area contributed by atoms with Crippen LogP contribution in [0, 0.1) is 0 Å². The molecule has 0 aliphatic rings. The summed E-state index contributed by atoms with van der Waals surface area (Å²) in [5, 5.41) is 4.83. The molecule has 0 aliphatic carbocycles. The van der Waals surface area contributed by atoms with Gasteiger partial charge in [-0.1, -0.05) is 206 Å². The van der Waals surface area contributed by atoms with Crippen LogP contribution in [0.5, 0.6) is 0 Å².